The van der Waals surface area contributed by atoms with Gasteiger partial charge in [0.15, 0.2) is 11.5 Å². The molecule has 4 heteroatoms. The van der Waals surface area contributed by atoms with Crippen LogP contribution in [0.25, 0.3) is 11.3 Å². The summed E-state index contributed by atoms with van der Waals surface area (Å²) in [5.41, 5.74) is 8.74. The van der Waals surface area contributed by atoms with E-state index in [1.54, 1.807) is 11.9 Å². The Kier molecular flexibility index (Phi) is 7.38. The lowest BCUT2D eigenvalue weighted by molar-refractivity contribution is 0.398. The van der Waals surface area contributed by atoms with Gasteiger partial charge in [-0.15, -0.1) is 0 Å². The van der Waals surface area contributed by atoms with Crippen LogP contribution in [0.5, 0.6) is 5.75 Å². The summed E-state index contributed by atoms with van der Waals surface area (Å²) in [6.45, 7) is 10.5. The number of aliphatic hydroxyl groups is 1. The smallest absolute Gasteiger partial charge is 0.176 e. The van der Waals surface area contributed by atoms with Crippen LogP contribution in [0.4, 0.5) is 5.69 Å². The molecule has 4 rings (SSSR count). The summed E-state index contributed by atoms with van der Waals surface area (Å²) in [7, 11) is 0. The van der Waals surface area contributed by atoms with Crippen molar-refractivity contribution in [3.05, 3.63) is 99.8 Å². The number of rotatable bonds is 7. The van der Waals surface area contributed by atoms with Crippen molar-refractivity contribution in [2.24, 2.45) is 0 Å². The molecular formula is C30H33NO2S. The fraction of sp³-hybridized carbons (Fsp3) is 0.267. The second-order valence-electron chi connectivity index (χ2n) is 8.73. The molecule has 1 aliphatic rings. The molecule has 0 aromatic heterocycles. The normalized spacial score (nSPS) is 14.2. The quantitative estimate of drug-likeness (QED) is 0.338. The zero-order chi connectivity index (χ0) is 24.2. The number of allylic oxidation sites excluding steroid dienone is 2. The summed E-state index contributed by atoms with van der Waals surface area (Å²) in [5.74, 6) is 1.41. The molecule has 0 spiro atoms. The molecule has 176 valence electrons. The molecule has 0 aliphatic carbocycles. The second-order valence-corrected chi connectivity index (χ2v) is 9.61. The molecule has 0 radical (unpaired) electrons. The van der Waals surface area contributed by atoms with Crippen molar-refractivity contribution in [2.45, 2.75) is 58.8 Å². The molecule has 0 saturated heterocycles. The summed E-state index contributed by atoms with van der Waals surface area (Å²) >= 11 is 1.61. The van der Waals surface area contributed by atoms with E-state index in [-0.39, 0.29) is 5.76 Å². The Bertz CT molecular complexity index is 1270. The molecule has 1 heterocycles. The van der Waals surface area contributed by atoms with Crippen LogP contribution in [0.2, 0.25) is 0 Å². The average molecular weight is 472 g/mol. The van der Waals surface area contributed by atoms with Crippen molar-refractivity contribution >= 4 is 29.0 Å². The lowest BCUT2D eigenvalue weighted by Gasteiger charge is -2.24. The Morgan fingerprint density at radius 3 is 2.47 bits per heavy atom. The molecule has 2 N–H and O–H groups in total. The average Bonchev–Trinajstić information content (AvgIpc) is 2.85. The Morgan fingerprint density at radius 1 is 0.941 bits per heavy atom. The number of benzene rings is 3. The fourth-order valence-corrected chi connectivity index (χ4v) is 5.00. The molecule has 3 aromatic rings. The highest BCUT2D eigenvalue weighted by atomic mass is 32.2. The van der Waals surface area contributed by atoms with Crippen LogP contribution in [0, 0.1) is 13.8 Å². The Labute approximate surface area is 207 Å². The minimum atomic E-state index is 0.169. The molecule has 0 unspecified atom stereocenters. The summed E-state index contributed by atoms with van der Waals surface area (Å²) in [6, 6.07) is 18.9. The summed E-state index contributed by atoms with van der Waals surface area (Å²) in [6.07, 6.45) is 5.27. The zero-order valence-electron chi connectivity index (χ0n) is 20.7. The van der Waals surface area contributed by atoms with E-state index >= 15 is 0 Å². The van der Waals surface area contributed by atoms with Crippen LogP contribution in [-0.2, 0) is 12.8 Å². The maximum Gasteiger partial charge on any atom is 0.176 e. The van der Waals surface area contributed by atoms with Crippen molar-refractivity contribution in [3.63, 3.8) is 0 Å². The van der Waals surface area contributed by atoms with Gasteiger partial charge in [-0.1, -0.05) is 44.5 Å². The summed E-state index contributed by atoms with van der Waals surface area (Å²) < 4.78 is 9.66. The molecular weight excluding hydrogens is 438 g/mol. The SMILES string of the molecule is C/C=C1/C(O)=C(c2ccc(C)c(C)c2)Oc2ccc(NSc3ccc(CCC)c(CC)c3)cc21. The van der Waals surface area contributed by atoms with Crippen LogP contribution in [0.15, 0.2) is 71.3 Å². The van der Waals surface area contributed by atoms with E-state index in [9.17, 15) is 5.11 Å². The van der Waals surface area contributed by atoms with Gasteiger partial charge >= 0.3 is 0 Å². The number of hydrogen-bond donors (Lipinski definition) is 2. The van der Waals surface area contributed by atoms with E-state index in [0.29, 0.717) is 5.76 Å². The maximum absolute atomic E-state index is 11.1. The van der Waals surface area contributed by atoms with Gasteiger partial charge in [0.25, 0.3) is 0 Å². The van der Waals surface area contributed by atoms with Crippen molar-refractivity contribution in [3.8, 4) is 5.75 Å². The maximum atomic E-state index is 11.1. The third kappa shape index (κ3) is 4.88. The van der Waals surface area contributed by atoms with E-state index in [1.807, 2.05) is 37.3 Å². The molecule has 0 fully saturated rings. The van der Waals surface area contributed by atoms with Crippen LogP contribution in [-0.4, -0.2) is 5.11 Å². The van der Waals surface area contributed by atoms with Gasteiger partial charge in [0, 0.05) is 27.3 Å². The van der Waals surface area contributed by atoms with Gasteiger partial charge in [0.05, 0.1) is 0 Å². The molecule has 34 heavy (non-hydrogen) atoms. The van der Waals surface area contributed by atoms with Crippen molar-refractivity contribution in [2.75, 3.05) is 4.72 Å². The number of nitrogens with one attached hydrogen (secondary N) is 1. The second kappa shape index (κ2) is 10.4. The molecule has 1 aliphatic heterocycles. The molecule has 3 nitrogen and oxygen atoms in total. The highest BCUT2D eigenvalue weighted by Crippen LogP contribution is 2.42. The van der Waals surface area contributed by atoms with E-state index in [0.717, 1.165) is 47.4 Å². The Hall–Kier alpha value is -3.11. The van der Waals surface area contributed by atoms with Gasteiger partial charge in [0.2, 0.25) is 0 Å². The third-order valence-electron chi connectivity index (χ3n) is 6.37. The lowest BCUT2D eigenvalue weighted by Crippen LogP contribution is -2.09. The fourth-order valence-electron chi connectivity index (χ4n) is 4.30. The summed E-state index contributed by atoms with van der Waals surface area (Å²) in [5, 5.41) is 11.1. The Balaban J connectivity index is 1.57. The van der Waals surface area contributed by atoms with Crippen LogP contribution >= 0.6 is 11.9 Å². The van der Waals surface area contributed by atoms with Gasteiger partial charge in [0.1, 0.15) is 5.75 Å². The number of ether oxygens (including phenoxy) is 1. The lowest BCUT2D eigenvalue weighted by atomic mass is 9.96. The molecule has 3 aromatic carbocycles. The minimum Gasteiger partial charge on any atom is -0.504 e. The minimum absolute atomic E-state index is 0.169. The van der Waals surface area contributed by atoms with E-state index in [1.165, 1.54) is 27.1 Å². The first-order chi connectivity index (χ1) is 16.4. The van der Waals surface area contributed by atoms with E-state index in [4.69, 9.17) is 4.74 Å². The van der Waals surface area contributed by atoms with Gasteiger partial charge in [-0.3, -0.25) is 0 Å². The van der Waals surface area contributed by atoms with Gasteiger partial charge in [-0.05, 0) is 104 Å². The summed E-state index contributed by atoms with van der Waals surface area (Å²) in [4.78, 5) is 1.19. The molecule has 0 amide bonds. The van der Waals surface area contributed by atoms with Crippen LogP contribution in [0.3, 0.4) is 0 Å². The van der Waals surface area contributed by atoms with Crippen molar-refractivity contribution < 1.29 is 9.84 Å². The van der Waals surface area contributed by atoms with Gasteiger partial charge < -0.3 is 14.6 Å². The molecule has 0 saturated carbocycles. The van der Waals surface area contributed by atoms with Crippen LogP contribution < -0.4 is 9.46 Å². The first kappa shape index (κ1) is 24.0. The number of aliphatic hydroxyl groups excluding tert-OH is 1. The predicted molar refractivity (Wildman–Crippen MR) is 145 cm³/mol. The number of aryl methyl sites for hydroxylation is 4. The van der Waals surface area contributed by atoms with E-state index in [2.05, 4.69) is 62.7 Å². The highest BCUT2D eigenvalue weighted by Gasteiger charge is 2.25. The largest absolute Gasteiger partial charge is 0.504 e. The topological polar surface area (TPSA) is 41.5 Å². The first-order valence-corrected chi connectivity index (χ1v) is 12.8. The van der Waals surface area contributed by atoms with Gasteiger partial charge in [-0.2, -0.15) is 0 Å². The number of hydrogen-bond acceptors (Lipinski definition) is 4. The van der Waals surface area contributed by atoms with Crippen molar-refractivity contribution in [1.82, 2.24) is 0 Å². The monoisotopic (exact) mass is 471 g/mol. The number of fused-ring (bicyclic) bond motifs is 1. The van der Waals surface area contributed by atoms with E-state index < -0.39 is 0 Å². The third-order valence-corrected chi connectivity index (χ3v) is 7.20. The Morgan fingerprint density at radius 2 is 1.76 bits per heavy atom. The predicted octanol–water partition coefficient (Wildman–Crippen LogP) is 8.66. The molecule has 0 atom stereocenters. The first-order valence-electron chi connectivity index (χ1n) is 12.0. The standard InChI is InChI=1S/C30H33NO2S/c1-6-9-22-12-14-25(17-21(22)7-2)34-31-24-13-15-28-27(18-24)26(8-3)29(32)30(33-28)23-11-10-19(4)20(5)16-23/h8,10-18,31-32H,6-7,9H2,1-5H3/b26-8+. The zero-order valence-corrected chi connectivity index (χ0v) is 21.5. The highest BCUT2D eigenvalue weighted by molar-refractivity contribution is 8.00. The molecule has 0 bridgehead atoms. The van der Waals surface area contributed by atoms with Crippen molar-refractivity contribution in [1.29, 1.82) is 0 Å². The van der Waals surface area contributed by atoms with Crippen LogP contribution in [0.1, 0.15) is 60.6 Å². The number of anilines is 1. The van der Waals surface area contributed by atoms with Gasteiger partial charge in [-0.25, -0.2) is 0 Å².